The van der Waals surface area contributed by atoms with Crippen LogP contribution in [0.15, 0.2) is 12.2 Å². The zero-order valence-electron chi connectivity index (χ0n) is 13.5. The molecule has 0 aliphatic carbocycles. The minimum atomic E-state index is -0.968. The lowest BCUT2D eigenvalue weighted by Gasteiger charge is -2.18. The van der Waals surface area contributed by atoms with Crippen molar-refractivity contribution in [1.82, 2.24) is 0 Å². The number of ether oxygens (including phenoxy) is 2. The normalized spacial score (nSPS) is 14.7. The Bertz CT molecular complexity index is 678. The highest BCUT2D eigenvalue weighted by Crippen LogP contribution is 2.40. The molecule has 23 heavy (non-hydrogen) atoms. The summed E-state index contributed by atoms with van der Waals surface area (Å²) in [5.41, 5.74) is 9.45. The molecule has 1 aromatic rings. The monoisotopic (exact) mass is 319 g/mol. The van der Waals surface area contributed by atoms with Gasteiger partial charge in [0.25, 0.3) is 0 Å². The highest BCUT2D eigenvalue weighted by Gasteiger charge is 2.30. The molecule has 0 radical (unpaired) electrons. The van der Waals surface area contributed by atoms with Crippen molar-refractivity contribution in [3.05, 3.63) is 34.4 Å². The standard InChI is InChI=1S/C17H21NO5/c1-9(5-7-13(19)20)4-6-11-15(18)14-12(8-23-17(14)21)10(2)16(11)22-3/h5,7,9H,4,6,8,18H2,1-3H3,(H,19,20)/b7-5+. The molecule has 0 aromatic heterocycles. The van der Waals surface area contributed by atoms with Crippen LogP contribution in [0.5, 0.6) is 5.75 Å². The number of allylic oxidation sites excluding steroid dienone is 1. The molecule has 0 amide bonds. The number of nitrogen functional groups attached to an aromatic ring is 1. The molecule has 0 spiro atoms. The van der Waals surface area contributed by atoms with Crippen LogP contribution >= 0.6 is 0 Å². The van der Waals surface area contributed by atoms with Gasteiger partial charge in [0.1, 0.15) is 12.4 Å². The van der Waals surface area contributed by atoms with Crippen molar-refractivity contribution in [3.8, 4) is 5.75 Å². The summed E-state index contributed by atoms with van der Waals surface area (Å²) in [4.78, 5) is 22.4. The van der Waals surface area contributed by atoms with E-state index in [2.05, 4.69) is 0 Å². The van der Waals surface area contributed by atoms with E-state index in [9.17, 15) is 9.59 Å². The molecule has 3 N–H and O–H groups in total. The van der Waals surface area contributed by atoms with Gasteiger partial charge in [0.05, 0.1) is 18.4 Å². The Hall–Kier alpha value is -2.50. The van der Waals surface area contributed by atoms with Crippen molar-refractivity contribution < 1.29 is 24.2 Å². The number of hydrogen-bond acceptors (Lipinski definition) is 5. The molecular formula is C17H21NO5. The first-order chi connectivity index (χ1) is 10.9. The van der Waals surface area contributed by atoms with Crippen molar-refractivity contribution in [1.29, 1.82) is 0 Å². The maximum atomic E-state index is 11.9. The highest BCUT2D eigenvalue weighted by molar-refractivity contribution is 6.00. The second-order valence-corrected chi connectivity index (χ2v) is 5.69. The summed E-state index contributed by atoms with van der Waals surface area (Å²) in [5.74, 6) is -0.627. The predicted molar refractivity (Wildman–Crippen MR) is 85.5 cm³/mol. The minimum absolute atomic E-state index is 0.0655. The molecule has 0 saturated heterocycles. The Labute approximate surface area is 134 Å². The predicted octanol–water partition coefficient (Wildman–Crippen LogP) is 2.47. The van der Waals surface area contributed by atoms with Gasteiger partial charge in [0, 0.05) is 17.2 Å². The number of methoxy groups -OCH3 is 1. The van der Waals surface area contributed by atoms with Gasteiger partial charge in [-0.2, -0.15) is 0 Å². The van der Waals surface area contributed by atoms with Crippen molar-refractivity contribution in [2.75, 3.05) is 12.8 Å². The first-order valence-electron chi connectivity index (χ1n) is 7.42. The Morgan fingerprint density at radius 3 is 2.83 bits per heavy atom. The number of cyclic esters (lactones) is 1. The van der Waals surface area contributed by atoms with Crippen molar-refractivity contribution in [3.63, 3.8) is 0 Å². The van der Waals surface area contributed by atoms with Gasteiger partial charge in [-0.3, -0.25) is 0 Å². The van der Waals surface area contributed by atoms with E-state index in [0.29, 0.717) is 29.8 Å². The Balaban J connectivity index is 2.32. The summed E-state index contributed by atoms with van der Waals surface area (Å²) in [6, 6.07) is 0. The molecule has 1 heterocycles. The van der Waals surface area contributed by atoms with Crippen LogP contribution in [0, 0.1) is 12.8 Å². The fourth-order valence-electron chi connectivity index (χ4n) is 2.85. The molecule has 6 nitrogen and oxygen atoms in total. The number of anilines is 1. The first-order valence-corrected chi connectivity index (χ1v) is 7.42. The third-order valence-electron chi connectivity index (χ3n) is 4.14. The number of esters is 1. The number of carboxylic acid groups (broad SMARTS) is 1. The minimum Gasteiger partial charge on any atom is -0.496 e. The van der Waals surface area contributed by atoms with Crippen molar-refractivity contribution in [2.24, 2.45) is 5.92 Å². The van der Waals surface area contributed by atoms with Gasteiger partial charge >= 0.3 is 11.9 Å². The van der Waals surface area contributed by atoms with Crippen LogP contribution in [0.4, 0.5) is 5.69 Å². The van der Waals surface area contributed by atoms with Gasteiger partial charge < -0.3 is 20.3 Å². The average Bonchev–Trinajstić information content (AvgIpc) is 2.89. The molecule has 2 rings (SSSR count). The molecule has 0 saturated carbocycles. The molecule has 6 heteroatoms. The number of hydrogen-bond donors (Lipinski definition) is 2. The maximum Gasteiger partial charge on any atom is 0.341 e. The van der Waals surface area contributed by atoms with E-state index in [4.69, 9.17) is 20.3 Å². The first kappa shape index (κ1) is 16.9. The summed E-state index contributed by atoms with van der Waals surface area (Å²) in [5, 5.41) is 8.67. The fraction of sp³-hybridized carbons (Fsp3) is 0.412. The molecule has 124 valence electrons. The lowest BCUT2D eigenvalue weighted by molar-refractivity contribution is -0.131. The smallest absolute Gasteiger partial charge is 0.341 e. The Morgan fingerprint density at radius 2 is 2.22 bits per heavy atom. The zero-order valence-corrected chi connectivity index (χ0v) is 13.5. The summed E-state index contributed by atoms with van der Waals surface area (Å²) >= 11 is 0. The molecular weight excluding hydrogens is 298 g/mol. The van der Waals surface area contributed by atoms with Crippen molar-refractivity contribution >= 4 is 17.6 Å². The number of carboxylic acids is 1. The second kappa shape index (κ2) is 6.73. The van der Waals surface area contributed by atoms with Gasteiger partial charge in [0.2, 0.25) is 0 Å². The van der Waals surface area contributed by atoms with E-state index >= 15 is 0 Å². The fourth-order valence-corrected chi connectivity index (χ4v) is 2.85. The molecule has 1 aliphatic heterocycles. The number of nitrogens with two attached hydrogens (primary N) is 1. The highest BCUT2D eigenvalue weighted by atomic mass is 16.5. The third-order valence-corrected chi connectivity index (χ3v) is 4.14. The quantitative estimate of drug-likeness (QED) is 0.475. The van der Waals surface area contributed by atoms with Gasteiger partial charge in [-0.1, -0.05) is 13.0 Å². The van der Waals surface area contributed by atoms with Crippen LogP contribution in [0.2, 0.25) is 0 Å². The second-order valence-electron chi connectivity index (χ2n) is 5.69. The lowest BCUT2D eigenvalue weighted by atomic mass is 9.92. The van der Waals surface area contributed by atoms with E-state index in [1.807, 2.05) is 13.8 Å². The topological polar surface area (TPSA) is 98.9 Å². The Kier molecular flexibility index (Phi) is 4.93. The number of carbonyl (C=O) groups excluding carboxylic acids is 1. The van der Waals surface area contributed by atoms with Gasteiger partial charge in [-0.05, 0) is 31.2 Å². The molecule has 1 aliphatic rings. The molecule has 1 aromatic carbocycles. The van der Waals surface area contributed by atoms with E-state index in [1.165, 1.54) is 0 Å². The van der Waals surface area contributed by atoms with E-state index in [0.717, 1.165) is 22.8 Å². The van der Waals surface area contributed by atoms with Gasteiger partial charge in [0.15, 0.2) is 0 Å². The van der Waals surface area contributed by atoms with Crippen LogP contribution in [-0.2, 0) is 22.6 Å². The maximum absolute atomic E-state index is 11.9. The van der Waals surface area contributed by atoms with Crippen LogP contribution in [0.1, 0.15) is 40.4 Å². The Morgan fingerprint density at radius 1 is 1.52 bits per heavy atom. The number of carbonyl (C=O) groups is 2. The number of benzene rings is 1. The molecule has 0 bridgehead atoms. The number of rotatable bonds is 6. The van der Waals surface area contributed by atoms with E-state index in [1.54, 1.807) is 13.2 Å². The lowest BCUT2D eigenvalue weighted by Crippen LogP contribution is -2.09. The largest absolute Gasteiger partial charge is 0.496 e. The molecule has 0 fully saturated rings. The van der Waals surface area contributed by atoms with Crippen LogP contribution in [0.25, 0.3) is 0 Å². The summed E-state index contributed by atoms with van der Waals surface area (Å²) in [7, 11) is 1.57. The van der Waals surface area contributed by atoms with Gasteiger partial charge in [-0.15, -0.1) is 0 Å². The average molecular weight is 319 g/mol. The van der Waals surface area contributed by atoms with E-state index in [-0.39, 0.29) is 12.5 Å². The van der Waals surface area contributed by atoms with E-state index < -0.39 is 11.9 Å². The SMILES string of the molecule is COc1c(C)c2c(c(N)c1CCC(C)/C=C/C(=O)O)C(=O)OC2. The summed E-state index contributed by atoms with van der Waals surface area (Å²) in [6.45, 7) is 4.03. The van der Waals surface area contributed by atoms with Crippen LogP contribution < -0.4 is 10.5 Å². The van der Waals surface area contributed by atoms with Crippen LogP contribution in [0.3, 0.4) is 0 Å². The zero-order chi connectivity index (χ0) is 17.1. The molecule has 1 atom stereocenters. The third kappa shape index (κ3) is 3.31. The number of fused-ring (bicyclic) bond motifs is 1. The van der Waals surface area contributed by atoms with Crippen LogP contribution in [-0.4, -0.2) is 24.2 Å². The molecule has 1 unspecified atom stereocenters. The van der Waals surface area contributed by atoms with Crippen molar-refractivity contribution in [2.45, 2.75) is 33.3 Å². The summed E-state index contributed by atoms with van der Waals surface area (Å²) < 4.78 is 10.6. The van der Waals surface area contributed by atoms with Gasteiger partial charge in [-0.25, -0.2) is 9.59 Å². The number of aliphatic carboxylic acids is 1. The summed E-state index contributed by atoms with van der Waals surface area (Å²) in [6.07, 6.45) is 4.05.